The van der Waals surface area contributed by atoms with E-state index in [1.54, 1.807) is 18.3 Å². The molecule has 0 unspecified atom stereocenters. The van der Waals surface area contributed by atoms with Gasteiger partial charge in [0, 0.05) is 31.2 Å². The highest BCUT2D eigenvalue weighted by atomic mass is 16.5. The highest BCUT2D eigenvalue weighted by Gasteiger charge is 2.17. The number of nitrogens with one attached hydrogen (secondary N) is 2. The molecule has 2 N–H and O–H groups in total. The van der Waals surface area contributed by atoms with E-state index in [0.717, 1.165) is 44.5 Å². The number of rotatable bonds is 9. The standard InChI is InChI=1S/C32H36N4O3/c37-31(34-29-8-2-1-3-9-29)23-39-30-16-12-24(13-17-30)20-33-35-32(38)27-14-10-25(11-15-27)21-36-19-18-26-6-4-5-7-28(26)22-36/h4-7,10-17,20,29H,1-3,8-9,18-19,21-23H2,(H,34,37)(H,35,38)/b33-20-. The number of ether oxygens (including phenoxy) is 1. The van der Waals surface area contributed by atoms with E-state index in [9.17, 15) is 9.59 Å². The molecular formula is C32H36N4O3. The third-order valence-electron chi connectivity index (χ3n) is 7.43. The van der Waals surface area contributed by atoms with Gasteiger partial charge in [0.2, 0.25) is 0 Å². The number of nitrogens with zero attached hydrogens (tertiary/aromatic N) is 2. The topological polar surface area (TPSA) is 83.0 Å². The largest absolute Gasteiger partial charge is 0.484 e. The Morgan fingerprint density at radius 1 is 0.923 bits per heavy atom. The quantitative estimate of drug-likeness (QED) is 0.310. The van der Waals surface area contributed by atoms with Crippen molar-refractivity contribution in [2.24, 2.45) is 5.10 Å². The van der Waals surface area contributed by atoms with Gasteiger partial charge in [-0.3, -0.25) is 14.5 Å². The molecule has 1 heterocycles. The average Bonchev–Trinajstić information content (AvgIpc) is 2.97. The van der Waals surface area contributed by atoms with Crippen molar-refractivity contribution in [1.29, 1.82) is 0 Å². The Morgan fingerprint density at radius 3 is 2.44 bits per heavy atom. The molecule has 7 nitrogen and oxygen atoms in total. The maximum absolute atomic E-state index is 12.5. The molecule has 1 aliphatic carbocycles. The number of carbonyl (C=O) groups is 2. The summed E-state index contributed by atoms with van der Waals surface area (Å²) in [5.41, 5.74) is 7.99. The normalized spacial score (nSPS) is 16.0. The van der Waals surface area contributed by atoms with E-state index in [-0.39, 0.29) is 24.5 Å². The van der Waals surface area contributed by atoms with Crippen LogP contribution in [0.15, 0.2) is 77.9 Å². The first-order valence-electron chi connectivity index (χ1n) is 13.9. The number of benzene rings is 3. The van der Waals surface area contributed by atoms with Crippen LogP contribution in [0.2, 0.25) is 0 Å². The molecule has 0 aromatic heterocycles. The molecule has 0 atom stereocenters. The van der Waals surface area contributed by atoms with Crippen LogP contribution in [0.1, 0.15) is 64.7 Å². The van der Waals surface area contributed by atoms with Crippen LogP contribution >= 0.6 is 0 Å². The van der Waals surface area contributed by atoms with Crippen molar-refractivity contribution in [3.05, 3.63) is 101 Å². The molecule has 0 spiro atoms. The van der Waals surface area contributed by atoms with Crippen LogP contribution in [0.25, 0.3) is 0 Å². The molecule has 1 fully saturated rings. The Bertz CT molecular complexity index is 1280. The Morgan fingerprint density at radius 2 is 1.67 bits per heavy atom. The molecule has 202 valence electrons. The van der Waals surface area contributed by atoms with Gasteiger partial charge in [-0.05, 0) is 77.9 Å². The monoisotopic (exact) mass is 524 g/mol. The van der Waals surface area contributed by atoms with Gasteiger partial charge in [-0.1, -0.05) is 55.7 Å². The van der Waals surface area contributed by atoms with E-state index in [1.807, 2.05) is 36.4 Å². The fourth-order valence-corrected chi connectivity index (χ4v) is 5.25. The Kier molecular flexibility index (Phi) is 9.01. The summed E-state index contributed by atoms with van der Waals surface area (Å²) in [6.45, 7) is 2.86. The van der Waals surface area contributed by atoms with Crippen molar-refractivity contribution >= 4 is 18.0 Å². The van der Waals surface area contributed by atoms with Crippen LogP contribution in [0.5, 0.6) is 5.75 Å². The zero-order chi connectivity index (χ0) is 26.9. The third-order valence-corrected chi connectivity index (χ3v) is 7.43. The maximum atomic E-state index is 12.5. The molecule has 2 amide bonds. The van der Waals surface area contributed by atoms with E-state index in [1.165, 1.54) is 36.0 Å². The molecule has 3 aromatic rings. The van der Waals surface area contributed by atoms with Crippen molar-refractivity contribution in [2.45, 2.75) is 57.7 Å². The number of amides is 2. The van der Waals surface area contributed by atoms with Crippen molar-refractivity contribution in [3.63, 3.8) is 0 Å². The van der Waals surface area contributed by atoms with E-state index in [0.29, 0.717) is 11.3 Å². The average molecular weight is 525 g/mol. The number of hydrogen-bond acceptors (Lipinski definition) is 5. The lowest BCUT2D eigenvalue weighted by atomic mass is 9.95. The van der Waals surface area contributed by atoms with Gasteiger partial charge in [0.1, 0.15) is 5.75 Å². The van der Waals surface area contributed by atoms with Gasteiger partial charge < -0.3 is 10.1 Å². The van der Waals surface area contributed by atoms with Gasteiger partial charge >= 0.3 is 0 Å². The van der Waals surface area contributed by atoms with Gasteiger partial charge in [-0.25, -0.2) is 5.43 Å². The molecule has 0 radical (unpaired) electrons. The Hall–Kier alpha value is -3.97. The summed E-state index contributed by atoms with van der Waals surface area (Å²) in [6, 6.07) is 23.8. The molecule has 7 heteroatoms. The van der Waals surface area contributed by atoms with E-state index in [4.69, 9.17) is 4.74 Å². The number of carbonyl (C=O) groups excluding carboxylic acids is 2. The van der Waals surface area contributed by atoms with Crippen LogP contribution < -0.4 is 15.5 Å². The molecule has 3 aromatic carbocycles. The summed E-state index contributed by atoms with van der Waals surface area (Å²) in [4.78, 5) is 27.1. The summed E-state index contributed by atoms with van der Waals surface area (Å²) < 4.78 is 5.61. The highest BCUT2D eigenvalue weighted by Crippen LogP contribution is 2.21. The zero-order valence-corrected chi connectivity index (χ0v) is 22.3. The van der Waals surface area contributed by atoms with Gasteiger partial charge in [-0.15, -0.1) is 0 Å². The minimum absolute atomic E-state index is 0.00473. The SMILES string of the molecule is O=C(COc1ccc(/C=N\NC(=O)c2ccc(CN3CCc4ccccc4C3)cc2)cc1)NC1CCCCC1. The van der Waals surface area contributed by atoms with E-state index < -0.39 is 0 Å². The van der Waals surface area contributed by atoms with Gasteiger partial charge in [0.25, 0.3) is 11.8 Å². The van der Waals surface area contributed by atoms with Crippen molar-refractivity contribution in [1.82, 2.24) is 15.6 Å². The lowest BCUT2D eigenvalue weighted by Gasteiger charge is -2.28. The summed E-state index contributed by atoms with van der Waals surface area (Å²) in [5.74, 6) is 0.276. The van der Waals surface area contributed by atoms with Crippen molar-refractivity contribution < 1.29 is 14.3 Å². The molecule has 0 bridgehead atoms. The van der Waals surface area contributed by atoms with Gasteiger partial charge in [0.05, 0.1) is 6.21 Å². The zero-order valence-electron chi connectivity index (χ0n) is 22.3. The van der Waals surface area contributed by atoms with Gasteiger partial charge in [0.15, 0.2) is 6.61 Å². The fourth-order valence-electron chi connectivity index (χ4n) is 5.25. The lowest BCUT2D eigenvalue weighted by Crippen LogP contribution is -2.38. The minimum Gasteiger partial charge on any atom is -0.484 e. The Balaban J connectivity index is 1.04. The summed E-state index contributed by atoms with van der Waals surface area (Å²) in [7, 11) is 0. The minimum atomic E-state index is -0.256. The maximum Gasteiger partial charge on any atom is 0.271 e. The number of hydrazone groups is 1. The first kappa shape index (κ1) is 26.6. The van der Waals surface area contributed by atoms with Crippen LogP contribution in [0, 0.1) is 0 Å². The summed E-state index contributed by atoms with van der Waals surface area (Å²) in [6.07, 6.45) is 8.37. The second-order valence-electron chi connectivity index (χ2n) is 10.4. The van der Waals surface area contributed by atoms with E-state index >= 15 is 0 Å². The van der Waals surface area contributed by atoms with Crippen molar-refractivity contribution in [3.8, 4) is 5.75 Å². The highest BCUT2D eigenvalue weighted by molar-refractivity contribution is 5.94. The van der Waals surface area contributed by atoms with Crippen LogP contribution in [0.3, 0.4) is 0 Å². The van der Waals surface area contributed by atoms with Crippen LogP contribution in [-0.4, -0.2) is 42.1 Å². The van der Waals surface area contributed by atoms with Gasteiger partial charge in [-0.2, -0.15) is 5.10 Å². The summed E-state index contributed by atoms with van der Waals surface area (Å²) >= 11 is 0. The molecule has 5 rings (SSSR count). The second kappa shape index (κ2) is 13.2. The Labute approximate surface area is 230 Å². The lowest BCUT2D eigenvalue weighted by molar-refractivity contribution is -0.124. The molecular weight excluding hydrogens is 488 g/mol. The van der Waals surface area contributed by atoms with Crippen molar-refractivity contribution in [2.75, 3.05) is 13.2 Å². The summed E-state index contributed by atoms with van der Waals surface area (Å²) in [5, 5.41) is 7.14. The molecule has 39 heavy (non-hydrogen) atoms. The van der Waals surface area contributed by atoms with Crippen LogP contribution in [0.4, 0.5) is 0 Å². The van der Waals surface area contributed by atoms with E-state index in [2.05, 4.69) is 45.0 Å². The second-order valence-corrected chi connectivity index (χ2v) is 10.4. The first-order valence-corrected chi connectivity index (χ1v) is 13.9. The number of fused-ring (bicyclic) bond motifs is 1. The molecule has 0 saturated heterocycles. The van der Waals surface area contributed by atoms with Crippen LogP contribution in [-0.2, 0) is 24.3 Å². The fraction of sp³-hybridized carbons (Fsp3) is 0.344. The number of hydrogen-bond donors (Lipinski definition) is 2. The molecule has 2 aliphatic rings. The molecule has 1 saturated carbocycles. The first-order chi connectivity index (χ1) is 19.1. The predicted octanol–water partition coefficient (Wildman–Crippen LogP) is 4.84. The smallest absolute Gasteiger partial charge is 0.271 e. The third kappa shape index (κ3) is 7.77. The molecule has 1 aliphatic heterocycles. The predicted molar refractivity (Wildman–Crippen MR) is 153 cm³/mol.